The van der Waals surface area contributed by atoms with Gasteiger partial charge < -0.3 is 9.84 Å². The Bertz CT molecular complexity index is 785. The highest BCUT2D eigenvalue weighted by Crippen LogP contribution is 2.14. The van der Waals surface area contributed by atoms with Gasteiger partial charge in [0.15, 0.2) is 5.71 Å². The molecule has 0 saturated heterocycles. The van der Waals surface area contributed by atoms with Crippen molar-refractivity contribution >= 4 is 23.1 Å². The molecular formula is C18H19N3O3. The molecule has 0 saturated carbocycles. The summed E-state index contributed by atoms with van der Waals surface area (Å²) in [5.41, 5.74) is 5.01. The zero-order valence-corrected chi connectivity index (χ0v) is 13.5. The Morgan fingerprint density at radius 1 is 1.25 bits per heavy atom. The molecule has 0 spiro atoms. The molecule has 3 N–H and O–H groups in total. The summed E-state index contributed by atoms with van der Waals surface area (Å²) in [4.78, 5) is 11.2. The zero-order chi connectivity index (χ0) is 17.5. The summed E-state index contributed by atoms with van der Waals surface area (Å²) in [5, 5.41) is 21.0. The number of carboxylic acid groups (broad SMARTS) is 1. The Labute approximate surface area is 140 Å². The van der Waals surface area contributed by atoms with E-state index in [1.54, 1.807) is 19.2 Å². The van der Waals surface area contributed by atoms with Gasteiger partial charge in [0.2, 0.25) is 0 Å². The largest absolute Gasteiger partial charge is 0.497 e. The van der Waals surface area contributed by atoms with E-state index in [4.69, 9.17) is 15.3 Å². The smallest absolute Gasteiger partial charge is 0.355 e. The molecule has 6 nitrogen and oxygen atoms in total. The SMILES string of the molecule is COc1cccc(C/C(=N/Nc2cccc(C)c2)C(=N)C(=O)O)c1. The second-order valence-electron chi connectivity index (χ2n) is 5.25. The summed E-state index contributed by atoms with van der Waals surface area (Å²) in [6.07, 6.45) is 0.209. The summed E-state index contributed by atoms with van der Waals surface area (Å²) in [6.45, 7) is 1.95. The quantitative estimate of drug-likeness (QED) is 0.538. The molecule has 0 amide bonds. The van der Waals surface area contributed by atoms with Gasteiger partial charge in [0, 0.05) is 6.42 Å². The molecule has 0 aliphatic carbocycles. The van der Waals surface area contributed by atoms with Crippen molar-refractivity contribution in [3.05, 3.63) is 59.7 Å². The predicted octanol–water partition coefficient (Wildman–Crippen LogP) is 3.12. The number of hydrazone groups is 1. The summed E-state index contributed by atoms with van der Waals surface area (Å²) in [6, 6.07) is 14.8. The molecule has 0 radical (unpaired) electrons. The van der Waals surface area contributed by atoms with Crippen molar-refractivity contribution in [2.75, 3.05) is 12.5 Å². The van der Waals surface area contributed by atoms with E-state index in [1.807, 2.05) is 43.3 Å². The lowest BCUT2D eigenvalue weighted by atomic mass is 10.0. The Morgan fingerprint density at radius 3 is 2.67 bits per heavy atom. The normalized spacial score (nSPS) is 11.0. The fraction of sp³-hybridized carbons (Fsp3) is 0.167. The van der Waals surface area contributed by atoms with E-state index in [9.17, 15) is 4.79 Å². The Morgan fingerprint density at radius 2 is 2.00 bits per heavy atom. The van der Waals surface area contributed by atoms with Crippen molar-refractivity contribution in [1.29, 1.82) is 5.41 Å². The van der Waals surface area contributed by atoms with Gasteiger partial charge in [0.05, 0.1) is 18.5 Å². The van der Waals surface area contributed by atoms with Crippen LogP contribution in [0, 0.1) is 12.3 Å². The number of methoxy groups -OCH3 is 1. The summed E-state index contributed by atoms with van der Waals surface area (Å²) < 4.78 is 5.16. The maximum atomic E-state index is 11.2. The van der Waals surface area contributed by atoms with Crippen molar-refractivity contribution in [2.24, 2.45) is 5.10 Å². The molecular weight excluding hydrogens is 306 g/mol. The van der Waals surface area contributed by atoms with E-state index in [1.165, 1.54) is 0 Å². The number of anilines is 1. The minimum atomic E-state index is -1.32. The highest BCUT2D eigenvalue weighted by atomic mass is 16.5. The first-order chi connectivity index (χ1) is 11.5. The third-order valence-corrected chi connectivity index (χ3v) is 3.35. The number of hydrogen-bond acceptors (Lipinski definition) is 5. The summed E-state index contributed by atoms with van der Waals surface area (Å²) in [7, 11) is 1.56. The Kier molecular flexibility index (Phi) is 5.68. The number of carbonyl (C=O) groups is 1. The first-order valence-electron chi connectivity index (χ1n) is 7.34. The fourth-order valence-corrected chi connectivity index (χ4v) is 2.13. The van der Waals surface area contributed by atoms with Gasteiger partial charge in [0.1, 0.15) is 5.75 Å². The maximum absolute atomic E-state index is 11.2. The van der Waals surface area contributed by atoms with Crippen LogP contribution in [0.4, 0.5) is 5.69 Å². The minimum absolute atomic E-state index is 0.136. The molecule has 0 aromatic heterocycles. The van der Waals surface area contributed by atoms with Crippen LogP contribution < -0.4 is 10.2 Å². The van der Waals surface area contributed by atoms with Crippen molar-refractivity contribution in [3.8, 4) is 5.75 Å². The maximum Gasteiger partial charge on any atom is 0.355 e. The van der Waals surface area contributed by atoms with Gasteiger partial charge in [-0.2, -0.15) is 5.10 Å². The number of nitrogens with one attached hydrogen (secondary N) is 2. The van der Waals surface area contributed by atoms with Crippen LogP contribution in [0.5, 0.6) is 5.75 Å². The van der Waals surface area contributed by atoms with Crippen LogP contribution in [0.25, 0.3) is 0 Å². The van der Waals surface area contributed by atoms with E-state index >= 15 is 0 Å². The summed E-state index contributed by atoms with van der Waals surface area (Å²) >= 11 is 0. The van der Waals surface area contributed by atoms with Crippen molar-refractivity contribution in [1.82, 2.24) is 0 Å². The average Bonchev–Trinajstić information content (AvgIpc) is 2.58. The minimum Gasteiger partial charge on any atom is -0.497 e. The van der Waals surface area contributed by atoms with E-state index < -0.39 is 11.7 Å². The van der Waals surface area contributed by atoms with Crippen LogP contribution in [-0.4, -0.2) is 29.6 Å². The van der Waals surface area contributed by atoms with Crippen molar-refractivity contribution in [2.45, 2.75) is 13.3 Å². The lowest BCUT2D eigenvalue weighted by Gasteiger charge is -2.08. The molecule has 0 aliphatic heterocycles. The molecule has 0 heterocycles. The molecule has 2 aromatic rings. The molecule has 2 aromatic carbocycles. The second kappa shape index (κ2) is 7.92. The first kappa shape index (κ1) is 17.2. The van der Waals surface area contributed by atoms with Crippen LogP contribution in [0.3, 0.4) is 0 Å². The highest BCUT2D eigenvalue weighted by molar-refractivity contribution is 6.64. The van der Waals surface area contributed by atoms with E-state index in [0.29, 0.717) is 5.75 Å². The lowest BCUT2D eigenvalue weighted by molar-refractivity contribution is -0.129. The average molecular weight is 325 g/mol. The molecule has 2 rings (SSSR count). The first-order valence-corrected chi connectivity index (χ1v) is 7.34. The topological polar surface area (TPSA) is 94.8 Å². The van der Waals surface area contributed by atoms with Gasteiger partial charge in [-0.3, -0.25) is 10.8 Å². The Hall–Kier alpha value is -3.15. The fourth-order valence-electron chi connectivity index (χ4n) is 2.13. The molecule has 0 fully saturated rings. The van der Waals surface area contributed by atoms with Crippen LogP contribution >= 0.6 is 0 Å². The molecule has 6 heteroatoms. The monoisotopic (exact) mass is 325 g/mol. The van der Waals surface area contributed by atoms with Gasteiger partial charge in [-0.15, -0.1) is 0 Å². The van der Waals surface area contributed by atoms with Gasteiger partial charge in [-0.1, -0.05) is 24.3 Å². The molecule has 0 atom stereocenters. The van der Waals surface area contributed by atoms with Gasteiger partial charge >= 0.3 is 5.97 Å². The number of benzene rings is 2. The van der Waals surface area contributed by atoms with Crippen LogP contribution in [0.2, 0.25) is 0 Å². The number of carboxylic acids is 1. The highest BCUT2D eigenvalue weighted by Gasteiger charge is 2.16. The molecule has 0 bridgehead atoms. The molecule has 0 unspecified atom stereocenters. The van der Waals surface area contributed by atoms with Crippen LogP contribution in [0.1, 0.15) is 11.1 Å². The van der Waals surface area contributed by atoms with Gasteiger partial charge in [-0.05, 0) is 42.3 Å². The number of aryl methyl sites for hydroxylation is 1. The molecule has 24 heavy (non-hydrogen) atoms. The van der Waals surface area contributed by atoms with Crippen molar-refractivity contribution < 1.29 is 14.6 Å². The number of aliphatic carboxylic acids is 1. The van der Waals surface area contributed by atoms with Crippen LogP contribution in [0.15, 0.2) is 53.6 Å². The Balaban J connectivity index is 2.25. The standard InChI is InChI=1S/C18H19N3O3/c1-12-5-3-7-14(9-12)20-21-16(17(19)18(22)23)11-13-6-4-8-15(10-13)24-2/h3-10,19-20H,11H2,1-2H3,(H,22,23)/b19-17?,21-16-. The zero-order valence-electron chi connectivity index (χ0n) is 13.5. The van der Waals surface area contributed by atoms with Crippen molar-refractivity contribution in [3.63, 3.8) is 0 Å². The molecule has 0 aliphatic rings. The van der Waals surface area contributed by atoms with E-state index in [-0.39, 0.29) is 12.1 Å². The van der Waals surface area contributed by atoms with E-state index in [2.05, 4.69) is 10.5 Å². The predicted molar refractivity (Wildman–Crippen MR) is 94.3 cm³/mol. The number of ether oxygens (including phenoxy) is 1. The number of nitrogens with zero attached hydrogens (tertiary/aromatic N) is 1. The van der Waals surface area contributed by atoms with Crippen LogP contribution in [-0.2, 0) is 11.2 Å². The third kappa shape index (κ3) is 4.67. The van der Waals surface area contributed by atoms with Gasteiger partial charge in [-0.25, -0.2) is 4.79 Å². The summed E-state index contributed by atoms with van der Waals surface area (Å²) in [5.74, 6) is -0.650. The third-order valence-electron chi connectivity index (χ3n) is 3.35. The number of hydrogen-bond donors (Lipinski definition) is 3. The second-order valence-corrected chi connectivity index (χ2v) is 5.25. The van der Waals surface area contributed by atoms with Gasteiger partial charge in [0.25, 0.3) is 0 Å². The lowest BCUT2D eigenvalue weighted by Crippen LogP contribution is -2.25. The van der Waals surface area contributed by atoms with E-state index in [0.717, 1.165) is 16.8 Å². The number of rotatable bonds is 7. The molecule has 124 valence electrons.